The molecule has 0 spiro atoms. The van der Waals surface area contributed by atoms with Gasteiger partial charge < -0.3 is 10.2 Å². The maximum Gasteiger partial charge on any atom is 0.249 e. The van der Waals surface area contributed by atoms with E-state index in [0.29, 0.717) is 33.7 Å². The number of rotatable bonds is 4. The minimum atomic E-state index is -3.70. The van der Waals surface area contributed by atoms with E-state index in [1.54, 1.807) is 25.4 Å². The minimum Gasteiger partial charge on any atom is -0.420 e. The van der Waals surface area contributed by atoms with Crippen molar-refractivity contribution >= 4 is 27.3 Å². The van der Waals surface area contributed by atoms with Crippen LogP contribution in [0.2, 0.25) is 0 Å². The lowest BCUT2D eigenvalue weighted by Gasteiger charge is -2.33. The van der Waals surface area contributed by atoms with Crippen molar-refractivity contribution in [1.29, 1.82) is 0 Å². The van der Waals surface area contributed by atoms with Gasteiger partial charge in [0.15, 0.2) is 0 Å². The van der Waals surface area contributed by atoms with Gasteiger partial charge in [0.1, 0.15) is 11.4 Å². The highest BCUT2D eigenvalue weighted by Gasteiger charge is 2.43. The Morgan fingerprint density at radius 3 is 2.71 bits per heavy atom. The Labute approximate surface area is 181 Å². The van der Waals surface area contributed by atoms with E-state index >= 15 is 0 Å². The van der Waals surface area contributed by atoms with Crippen LogP contribution in [0.15, 0.2) is 33.9 Å². The molecule has 0 aromatic carbocycles. The predicted molar refractivity (Wildman–Crippen MR) is 113 cm³/mol. The topological polar surface area (TPSA) is 128 Å². The van der Waals surface area contributed by atoms with Crippen molar-refractivity contribution in [2.24, 2.45) is 10.7 Å². The molecule has 0 unspecified atom stereocenters. The number of aliphatic imine (C=N–C) groups is 1. The molecular weight excluding hydrogens is 443 g/mol. The monoisotopic (exact) mass is 462 g/mol. The first-order valence-electron chi connectivity index (χ1n) is 9.57. The van der Waals surface area contributed by atoms with Crippen LogP contribution in [0.5, 0.6) is 0 Å². The molecule has 4 heterocycles. The fourth-order valence-corrected chi connectivity index (χ4v) is 6.12. The van der Waals surface area contributed by atoms with Crippen LogP contribution >= 0.6 is 11.3 Å². The zero-order valence-corrected chi connectivity index (χ0v) is 18.4. The largest absolute Gasteiger partial charge is 0.420 e. The van der Waals surface area contributed by atoms with Gasteiger partial charge in [0.25, 0.3) is 0 Å². The minimum absolute atomic E-state index is 0.172. The van der Waals surface area contributed by atoms with Crippen molar-refractivity contribution in [3.63, 3.8) is 0 Å². The Kier molecular flexibility index (Phi) is 4.42. The van der Waals surface area contributed by atoms with Crippen LogP contribution < -0.4 is 5.73 Å². The molecular formula is C19H19FN6O3S2. The number of hydrogen-bond acceptors (Lipinski definition) is 9. The maximum absolute atomic E-state index is 15.0. The summed E-state index contributed by atoms with van der Waals surface area (Å²) in [5.74, 6) is 0.229. The van der Waals surface area contributed by atoms with E-state index in [-0.39, 0.29) is 16.6 Å². The number of halogens is 1. The van der Waals surface area contributed by atoms with Crippen molar-refractivity contribution in [3.8, 4) is 21.9 Å². The molecule has 5 rings (SSSR count). The average Bonchev–Trinajstić information content (AvgIpc) is 3.30. The first kappa shape index (κ1) is 20.1. The van der Waals surface area contributed by atoms with Crippen LogP contribution in [0.4, 0.5) is 4.39 Å². The van der Waals surface area contributed by atoms with Crippen molar-refractivity contribution in [3.05, 3.63) is 41.1 Å². The Hall–Kier alpha value is -2.86. The smallest absolute Gasteiger partial charge is 0.249 e. The summed E-state index contributed by atoms with van der Waals surface area (Å²) in [6.45, 7) is 1.57. The van der Waals surface area contributed by atoms with Crippen LogP contribution in [-0.2, 0) is 15.6 Å². The highest BCUT2D eigenvalue weighted by molar-refractivity contribution is 7.89. The highest BCUT2D eigenvalue weighted by atomic mass is 32.2. The lowest BCUT2D eigenvalue weighted by atomic mass is 10.0. The SMILES string of the molecule is CN1C(N)=N[C@](C)(c2sc(-c3cncc(-c4nnc(C5CC5)o4)c3)cc2F)CS1(=O)=O. The van der Waals surface area contributed by atoms with Crippen LogP contribution in [0.1, 0.15) is 36.5 Å². The molecule has 3 aromatic rings. The normalized spacial score (nSPS) is 23.1. The van der Waals surface area contributed by atoms with E-state index in [1.165, 1.54) is 13.1 Å². The molecule has 31 heavy (non-hydrogen) atoms. The van der Waals surface area contributed by atoms with Crippen molar-refractivity contribution < 1.29 is 17.2 Å². The van der Waals surface area contributed by atoms with Crippen LogP contribution in [0.3, 0.4) is 0 Å². The van der Waals surface area contributed by atoms with Crippen LogP contribution in [0.25, 0.3) is 21.9 Å². The molecule has 0 saturated heterocycles. The predicted octanol–water partition coefficient (Wildman–Crippen LogP) is 2.68. The summed E-state index contributed by atoms with van der Waals surface area (Å²) in [5, 5.41) is 8.17. The lowest BCUT2D eigenvalue weighted by molar-refractivity contribution is 0.466. The van der Waals surface area contributed by atoms with Crippen molar-refractivity contribution in [2.45, 2.75) is 31.2 Å². The molecule has 1 atom stereocenters. The van der Waals surface area contributed by atoms with E-state index in [0.717, 1.165) is 28.5 Å². The molecule has 162 valence electrons. The van der Waals surface area contributed by atoms with Gasteiger partial charge in [0.2, 0.25) is 27.8 Å². The maximum atomic E-state index is 15.0. The fraction of sp³-hybridized carbons (Fsp3) is 0.368. The number of hydrogen-bond donors (Lipinski definition) is 1. The van der Waals surface area contributed by atoms with Gasteiger partial charge in [-0.2, -0.15) is 0 Å². The molecule has 2 N–H and O–H groups in total. The zero-order valence-electron chi connectivity index (χ0n) is 16.7. The van der Waals surface area contributed by atoms with E-state index in [1.807, 2.05) is 0 Å². The summed E-state index contributed by atoms with van der Waals surface area (Å²) in [4.78, 5) is 9.28. The van der Waals surface area contributed by atoms with Gasteiger partial charge in [0, 0.05) is 35.8 Å². The van der Waals surface area contributed by atoms with Gasteiger partial charge in [-0.25, -0.2) is 22.1 Å². The molecule has 3 aromatic heterocycles. The summed E-state index contributed by atoms with van der Waals surface area (Å²) in [7, 11) is -2.38. The molecule has 2 aliphatic rings. The third-order valence-electron chi connectivity index (χ3n) is 5.38. The first-order valence-corrected chi connectivity index (χ1v) is 12.0. The number of thiophene rings is 1. The van der Waals surface area contributed by atoms with Crippen molar-refractivity contribution in [1.82, 2.24) is 19.5 Å². The van der Waals surface area contributed by atoms with Gasteiger partial charge in [-0.05, 0) is 31.9 Å². The Morgan fingerprint density at radius 2 is 2.00 bits per heavy atom. The van der Waals surface area contributed by atoms with Gasteiger partial charge in [-0.3, -0.25) is 4.98 Å². The molecule has 1 aliphatic carbocycles. The van der Waals surface area contributed by atoms with Gasteiger partial charge in [-0.15, -0.1) is 21.5 Å². The standard InChI is InChI=1S/C19H19FN6O3S2/c1-19(9-31(27,28)26(2)18(21)23-19)15-13(20)6-14(30-15)11-5-12(8-22-7-11)17-25-24-16(29-17)10-3-4-10/h5-8,10H,3-4,9H2,1-2H3,(H2,21,23)/t19-/m0/s1. The van der Waals surface area contributed by atoms with E-state index in [2.05, 4.69) is 20.2 Å². The average molecular weight is 463 g/mol. The molecule has 1 aliphatic heterocycles. The first-order chi connectivity index (χ1) is 14.7. The summed E-state index contributed by atoms with van der Waals surface area (Å²) < 4.78 is 46.5. The molecule has 1 fully saturated rings. The van der Waals surface area contributed by atoms with E-state index in [4.69, 9.17) is 10.2 Å². The Bertz CT molecular complexity index is 1310. The van der Waals surface area contributed by atoms with E-state index < -0.39 is 21.4 Å². The second-order valence-corrected chi connectivity index (χ2v) is 11.0. The molecule has 0 bridgehead atoms. The molecule has 0 radical (unpaired) electrons. The second-order valence-electron chi connectivity index (χ2n) is 7.94. The van der Waals surface area contributed by atoms with Crippen LogP contribution in [-0.4, -0.2) is 46.7 Å². The van der Waals surface area contributed by atoms with Crippen molar-refractivity contribution in [2.75, 3.05) is 12.8 Å². The third kappa shape index (κ3) is 3.49. The van der Waals surface area contributed by atoms with Gasteiger partial charge in [0.05, 0.1) is 16.2 Å². The number of nitrogens with two attached hydrogens (primary N) is 1. The zero-order chi connectivity index (χ0) is 22.0. The fourth-order valence-electron chi connectivity index (χ4n) is 3.48. The molecule has 0 amide bonds. The summed E-state index contributed by atoms with van der Waals surface area (Å²) >= 11 is 1.12. The summed E-state index contributed by atoms with van der Waals surface area (Å²) in [6, 6.07) is 3.14. The van der Waals surface area contributed by atoms with Gasteiger partial charge >= 0.3 is 0 Å². The Balaban J connectivity index is 1.51. The lowest BCUT2D eigenvalue weighted by Crippen LogP contribution is -2.50. The summed E-state index contributed by atoms with van der Waals surface area (Å²) in [6.07, 6.45) is 5.30. The molecule has 9 nitrogen and oxygen atoms in total. The number of aromatic nitrogens is 3. The number of guanidine groups is 1. The molecule has 12 heteroatoms. The van der Waals surface area contributed by atoms with Gasteiger partial charge in [-0.1, -0.05) is 0 Å². The number of sulfonamides is 1. The third-order valence-corrected chi connectivity index (χ3v) is 8.74. The highest BCUT2D eigenvalue weighted by Crippen LogP contribution is 2.42. The summed E-state index contributed by atoms with van der Waals surface area (Å²) in [5.41, 5.74) is 5.75. The molecule has 1 saturated carbocycles. The number of pyridine rings is 1. The number of nitrogens with zero attached hydrogens (tertiary/aromatic N) is 5. The van der Waals surface area contributed by atoms with E-state index in [9.17, 15) is 12.8 Å². The van der Waals surface area contributed by atoms with Crippen LogP contribution in [0, 0.1) is 5.82 Å². The second kappa shape index (κ2) is 6.82. The Morgan fingerprint density at radius 1 is 1.26 bits per heavy atom. The quantitative estimate of drug-likeness (QED) is 0.631.